The van der Waals surface area contributed by atoms with Crippen LogP contribution < -0.4 is 0 Å². The van der Waals surface area contributed by atoms with E-state index in [2.05, 4.69) is 0 Å². The number of esters is 1. The van der Waals surface area contributed by atoms with E-state index in [4.69, 9.17) is 9.47 Å². The van der Waals surface area contributed by atoms with Gasteiger partial charge in [0.15, 0.2) is 0 Å². The Bertz CT molecular complexity index is 243. The molecular formula is C13H25NO4. The largest absolute Gasteiger partial charge is 0.466 e. The van der Waals surface area contributed by atoms with Crippen LogP contribution in [0.1, 0.15) is 33.6 Å². The van der Waals surface area contributed by atoms with Crippen LogP contribution in [-0.4, -0.2) is 56.1 Å². The molecule has 0 heterocycles. The summed E-state index contributed by atoms with van der Waals surface area (Å²) in [4.78, 5) is 24.8. The summed E-state index contributed by atoms with van der Waals surface area (Å²) in [6, 6.07) is 0. The summed E-state index contributed by atoms with van der Waals surface area (Å²) < 4.78 is 10.0. The van der Waals surface area contributed by atoms with E-state index in [0.29, 0.717) is 26.4 Å². The number of Topliss-reactive ketones (excluding diaryl/α,β-unsaturated/α-hetero) is 1. The van der Waals surface area contributed by atoms with E-state index in [9.17, 15) is 9.59 Å². The van der Waals surface area contributed by atoms with Gasteiger partial charge < -0.3 is 9.47 Å². The number of hydrogen-bond acceptors (Lipinski definition) is 5. The molecule has 5 nitrogen and oxygen atoms in total. The molecular weight excluding hydrogens is 234 g/mol. The predicted molar refractivity (Wildman–Crippen MR) is 69.5 cm³/mol. The molecule has 0 atom stereocenters. The van der Waals surface area contributed by atoms with Gasteiger partial charge >= 0.3 is 5.97 Å². The van der Waals surface area contributed by atoms with Gasteiger partial charge in [-0.2, -0.15) is 0 Å². The molecule has 0 spiro atoms. The maximum Gasteiger partial charge on any atom is 0.306 e. The van der Waals surface area contributed by atoms with Crippen LogP contribution in [0.3, 0.4) is 0 Å². The Morgan fingerprint density at radius 2 is 1.78 bits per heavy atom. The van der Waals surface area contributed by atoms with Gasteiger partial charge in [-0.3, -0.25) is 14.5 Å². The van der Waals surface area contributed by atoms with Gasteiger partial charge in [-0.25, -0.2) is 0 Å². The lowest BCUT2D eigenvalue weighted by molar-refractivity contribution is -0.144. The molecule has 18 heavy (non-hydrogen) atoms. The van der Waals surface area contributed by atoms with Crippen LogP contribution in [0.15, 0.2) is 0 Å². The number of carbonyl (C=O) groups is 2. The second-order valence-corrected chi connectivity index (χ2v) is 3.91. The summed E-state index contributed by atoms with van der Waals surface area (Å²) in [6.45, 7) is 9.32. The van der Waals surface area contributed by atoms with Crippen LogP contribution in [-0.2, 0) is 19.1 Å². The van der Waals surface area contributed by atoms with Crippen LogP contribution in [0.5, 0.6) is 0 Å². The highest BCUT2D eigenvalue weighted by molar-refractivity contribution is 5.84. The molecule has 0 aromatic rings. The third-order valence-electron chi connectivity index (χ3n) is 2.52. The summed E-state index contributed by atoms with van der Waals surface area (Å²) >= 11 is 0. The molecule has 0 fully saturated rings. The van der Waals surface area contributed by atoms with Gasteiger partial charge in [-0.15, -0.1) is 0 Å². The second-order valence-electron chi connectivity index (χ2n) is 3.91. The quantitative estimate of drug-likeness (QED) is 0.413. The lowest BCUT2D eigenvalue weighted by Gasteiger charge is -2.19. The summed E-state index contributed by atoms with van der Waals surface area (Å²) in [5.41, 5.74) is 0. The molecule has 0 saturated heterocycles. The van der Waals surface area contributed by atoms with Crippen molar-refractivity contribution in [3.05, 3.63) is 0 Å². The first-order valence-electron chi connectivity index (χ1n) is 6.61. The fourth-order valence-corrected chi connectivity index (χ4v) is 1.49. The average molecular weight is 259 g/mol. The molecule has 0 radical (unpaired) electrons. The number of ketones is 1. The molecule has 0 aliphatic carbocycles. The third-order valence-corrected chi connectivity index (χ3v) is 2.52. The molecule has 0 bridgehead atoms. The summed E-state index contributed by atoms with van der Waals surface area (Å²) in [5.74, 6) is -0.232. The average Bonchev–Trinajstić information content (AvgIpc) is 2.35. The number of hydrogen-bond donors (Lipinski definition) is 0. The Kier molecular flexibility index (Phi) is 10.6. The van der Waals surface area contributed by atoms with E-state index in [1.807, 2.05) is 18.7 Å². The Hall–Kier alpha value is -0.940. The molecule has 0 aliphatic heterocycles. The minimum Gasteiger partial charge on any atom is -0.466 e. The van der Waals surface area contributed by atoms with E-state index >= 15 is 0 Å². The minimum atomic E-state index is -0.303. The van der Waals surface area contributed by atoms with Crippen molar-refractivity contribution < 1.29 is 19.1 Å². The number of ether oxygens (including phenoxy) is 2. The van der Waals surface area contributed by atoms with Crippen LogP contribution in [0.25, 0.3) is 0 Å². The minimum absolute atomic E-state index is 0.0707. The van der Waals surface area contributed by atoms with Crippen LogP contribution >= 0.6 is 0 Å². The fourth-order valence-electron chi connectivity index (χ4n) is 1.49. The Morgan fingerprint density at radius 3 is 2.33 bits per heavy atom. The van der Waals surface area contributed by atoms with Gasteiger partial charge in [0.05, 0.1) is 26.2 Å². The first kappa shape index (κ1) is 17.1. The zero-order chi connectivity index (χ0) is 13.8. The summed E-state index contributed by atoms with van der Waals surface area (Å²) in [6.07, 6.45) is 0.430. The number of rotatable bonds is 11. The number of carbonyl (C=O) groups excluding carboxylic acids is 2. The van der Waals surface area contributed by atoms with Crippen LogP contribution in [0.4, 0.5) is 0 Å². The van der Waals surface area contributed by atoms with Crippen molar-refractivity contribution in [1.82, 2.24) is 4.90 Å². The standard InChI is InChI=1S/C13H25NO4/c1-4-14(9-10-17-5-2)11-12(15)7-8-13(16)18-6-3/h4-11H2,1-3H3. The van der Waals surface area contributed by atoms with Crippen LogP contribution in [0.2, 0.25) is 0 Å². The van der Waals surface area contributed by atoms with Crippen molar-refractivity contribution in [2.24, 2.45) is 0 Å². The third kappa shape index (κ3) is 9.13. The van der Waals surface area contributed by atoms with Crippen molar-refractivity contribution in [1.29, 1.82) is 0 Å². The summed E-state index contributed by atoms with van der Waals surface area (Å²) in [7, 11) is 0. The van der Waals surface area contributed by atoms with Crippen molar-refractivity contribution in [3.63, 3.8) is 0 Å². The van der Waals surface area contributed by atoms with Crippen molar-refractivity contribution >= 4 is 11.8 Å². The van der Waals surface area contributed by atoms with E-state index in [1.165, 1.54) is 0 Å². The van der Waals surface area contributed by atoms with Gasteiger partial charge in [-0.05, 0) is 20.4 Å². The SMILES string of the molecule is CCOCCN(CC)CC(=O)CCC(=O)OCC. The Labute approximate surface area is 109 Å². The molecule has 0 unspecified atom stereocenters. The Morgan fingerprint density at radius 1 is 1.06 bits per heavy atom. The Balaban J connectivity index is 3.78. The lowest BCUT2D eigenvalue weighted by Crippen LogP contribution is -2.33. The molecule has 5 heteroatoms. The zero-order valence-electron chi connectivity index (χ0n) is 11.7. The summed E-state index contributed by atoms with van der Waals surface area (Å²) in [5, 5.41) is 0. The highest BCUT2D eigenvalue weighted by Crippen LogP contribution is 1.98. The molecule has 106 valence electrons. The number of nitrogens with zero attached hydrogens (tertiary/aromatic N) is 1. The van der Waals surface area contributed by atoms with Gasteiger partial charge in [0, 0.05) is 19.6 Å². The predicted octanol–water partition coefficient (Wildman–Crippen LogP) is 1.26. The van der Waals surface area contributed by atoms with E-state index < -0.39 is 0 Å². The number of likely N-dealkylation sites (N-methyl/N-ethyl adjacent to an activating group) is 1. The van der Waals surface area contributed by atoms with Crippen molar-refractivity contribution in [3.8, 4) is 0 Å². The molecule has 0 aromatic heterocycles. The normalized spacial score (nSPS) is 10.7. The molecule has 0 rings (SSSR count). The smallest absolute Gasteiger partial charge is 0.306 e. The van der Waals surface area contributed by atoms with E-state index in [-0.39, 0.29) is 24.6 Å². The molecule has 0 saturated carbocycles. The van der Waals surface area contributed by atoms with Gasteiger partial charge in [-0.1, -0.05) is 6.92 Å². The van der Waals surface area contributed by atoms with Crippen molar-refractivity contribution in [2.75, 3.05) is 39.5 Å². The highest BCUT2D eigenvalue weighted by atomic mass is 16.5. The molecule has 0 amide bonds. The molecule has 0 N–H and O–H groups in total. The van der Waals surface area contributed by atoms with E-state index in [1.54, 1.807) is 6.92 Å². The maximum atomic E-state index is 11.7. The maximum absolute atomic E-state index is 11.7. The highest BCUT2D eigenvalue weighted by Gasteiger charge is 2.11. The van der Waals surface area contributed by atoms with Gasteiger partial charge in [0.1, 0.15) is 5.78 Å². The van der Waals surface area contributed by atoms with Gasteiger partial charge in [0.25, 0.3) is 0 Å². The van der Waals surface area contributed by atoms with Gasteiger partial charge in [0.2, 0.25) is 0 Å². The van der Waals surface area contributed by atoms with Crippen molar-refractivity contribution in [2.45, 2.75) is 33.6 Å². The first-order valence-corrected chi connectivity index (χ1v) is 6.61. The topological polar surface area (TPSA) is 55.8 Å². The monoisotopic (exact) mass is 259 g/mol. The first-order chi connectivity index (χ1) is 8.63. The lowest BCUT2D eigenvalue weighted by atomic mass is 10.2. The molecule has 0 aromatic carbocycles. The second kappa shape index (κ2) is 11.2. The van der Waals surface area contributed by atoms with E-state index in [0.717, 1.165) is 13.1 Å². The fraction of sp³-hybridized carbons (Fsp3) is 0.846. The molecule has 0 aliphatic rings. The zero-order valence-corrected chi connectivity index (χ0v) is 11.7. The van der Waals surface area contributed by atoms with Crippen LogP contribution in [0, 0.1) is 0 Å².